The molecule has 2 aliphatic rings. The number of piperidine rings is 1. The van der Waals surface area contributed by atoms with Gasteiger partial charge in [-0.1, -0.05) is 44.2 Å². The maximum Gasteiger partial charge on any atom is 0.243 e. The second kappa shape index (κ2) is 8.21. The fourth-order valence-electron chi connectivity index (χ4n) is 4.35. The standard InChI is InChI=1S/C22H33N3O3/c1-4-28-18-14-22(23,21(18,2)3)20(27)25-12-10-17(11-13-25)19(26)24-15-16-8-6-5-7-9-16/h5-9,17-18H,4,10-15,23H2,1-3H3,(H,24,26). The Morgan fingerprint density at radius 3 is 2.43 bits per heavy atom. The van der Waals surface area contributed by atoms with Crippen LogP contribution in [0.5, 0.6) is 0 Å². The first-order valence-corrected chi connectivity index (χ1v) is 10.3. The fourth-order valence-corrected chi connectivity index (χ4v) is 4.35. The second-order valence-corrected chi connectivity index (χ2v) is 8.61. The Balaban J connectivity index is 1.50. The van der Waals surface area contributed by atoms with E-state index < -0.39 is 5.54 Å². The van der Waals surface area contributed by atoms with Gasteiger partial charge in [0.1, 0.15) is 5.54 Å². The average molecular weight is 388 g/mol. The van der Waals surface area contributed by atoms with E-state index >= 15 is 0 Å². The molecule has 2 amide bonds. The Kier molecular flexibility index (Phi) is 6.10. The summed E-state index contributed by atoms with van der Waals surface area (Å²) in [4.78, 5) is 27.4. The first-order chi connectivity index (χ1) is 13.3. The van der Waals surface area contributed by atoms with Crippen LogP contribution in [-0.4, -0.2) is 48.1 Å². The van der Waals surface area contributed by atoms with Gasteiger partial charge in [0, 0.05) is 44.0 Å². The Morgan fingerprint density at radius 1 is 1.21 bits per heavy atom. The van der Waals surface area contributed by atoms with Crippen molar-refractivity contribution in [3.63, 3.8) is 0 Å². The van der Waals surface area contributed by atoms with Crippen molar-refractivity contribution in [2.75, 3.05) is 19.7 Å². The van der Waals surface area contributed by atoms with E-state index in [0.29, 0.717) is 45.5 Å². The van der Waals surface area contributed by atoms with E-state index in [-0.39, 0.29) is 29.3 Å². The van der Waals surface area contributed by atoms with Gasteiger partial charge in [0.25, 0.3) is 0 Å². The topological polar surface area (TPSA) is 84.7 Å². The summed E-state index contributed by atoms with van der Waals surface area (Å²) >= 11 is 0. The van der Waals surface area contributed by atoms with Crippen molar-refractivity contribution >= 4 is 11.8 Å². The molecule has 1 saturated heterocycles. The first-order valence-electron chi connectivity index (χ1n) is 10.3. The van der Waals surface area contributed by atoms with Gasteiger partial charge in [-0.25, -0.2) is 0 Å². The quantitative estimate of drug-likeness (QED) is 0.783. The molecule has 1 aromatic carbocycles. The number of likely N-dealkylation sites (tertiary alicyclic amines) is 1. The third-order valence-corrected chi connectivity index (χ3v) is 6.67. The zero-order valence-corrected chi connectivity index (χ0v) is 17.2. The van der Waals surface area contributed by atoms with Crippen LogP contribution in [0.15, 0.2) is 30.3 Å². The molecular weight excluding hydrogens is 354 g/mol. The summed E-state index contributed by atoms with van der Waals surface area (Å²) < 4.78 is 5.73. The molecule has 6 heteroatoms. The lowest BCUT2D eigenvalue weighted by molar-refractivity contribution is -0.180. The number of amides is 2. The Labute approximate surface area is 167 Å². The molecule has 2 fully saturated rings. The molecule has 1 saturated carbocycles. The van der Waals surface area contributed by atoms with E-state index in [1.165, 1.54) is 0 Å². The number of ether oxygens (including phenoxy) is 1. The zero-order valence-electron chi connectivity index (χ0n) is 17.2. The van der Waals surface area contributed by atoms with Crippen molar-refractivity contribution < 1.29 is 14.3 Å². The van der Waals surface area contributed by atoms with Crippen molar-refractivity contribution in [2.45, 2.75) is 58.2 Å². The van der Waals surface area contributed by atoms with Gasteiger partial charge >= 0.3 is 0 Å². The van der Waals surface area contributed by atoms with Gasteiger partial charge in [-0.15, -0.1) is 0 Å². The molecule has 0 aromatic heterocycles. The molecule has 2 atom stereocenters. The van der Waals surface area contributed by atoms with E-state index in [4.69, 9.17) is 10.5 Å². The number of hydrogen-bond acceptors (Lipinski definition) is 4. The van der Waals surface area contributed by atoms with E-state index in [0.717, 1.165) is 5.56 Å². The summed E-state index contributed by atoms with van der Waals surface area (Å²) in [5.41, 5.74) is 6.35. The van der Waals surface area contributed by atoms with Gasteiger partial charge in [0.05, 0.1) is 6.10 Å². The molecule has 1 aliphatic carbocycles. The van der Waals surface area contributed by atoms with Crippen molar-refractivity contribution in [3.8, 4) is 0 Å². The highest BCUT2D eigenvalue weighted by Crippen LogP contribution is 2.50. The van der Waals surface area contributed by atoms with Crippen LogP contribution >= 0.6 is 0 Å². The minimum atomic E-state index is -0.880. The summed E-state index contributed by atoms with van der Waals surface area (Å²) in [6, 6.07) is 9.89. The molecule has 1 aromatic rings. The van der Waals surface area contributed by atoms with Gasteiger partial charge in [-0.2, -0.15) is 0 Å². The summed E-state index contributed by atoms with van der Waals surface area (Å²) in [5.74, 6) is 0.0162. The number of carbonyl (C=O) groups excluding carboxylic acids is 2. The van der Waals surface area contributed by atoms with E-state index in [1.54, 1.807) is 0 Å². The lowest BCUT2D eigenvalue weighted by Gasteiger charge is -2.59. The molecule has 28 heavy (non-hydrogen) atoms. The molecule has 0 bridgehead atoms. The Bertz CT molecular complexity index is 698. The second-order valence-electron chi connectivity index (χ2n) is 8.61. The van der Waals surface area contributed by atoms with Crippen molar-refractivity contribution in [2.24, 2.45) is 17.1 Å². The highest BCUT2D eigenvalue weighted by molar-refractivity contribution is 5.89. The van der Waals surface area contributed by atoms with Gasteiger partial charge < -0.3 is 20.7 Å². The predicted octanol–water partition coefficient (Wildman–Crippen LogP) is 2.07. The third kappa shape index (κ3) is 3.80. The van der Waals surface area contributed by atoms with Gasteiger partial charge in [0.2, 0.25) is 11.8 Å². The van der Waals surface area contributed by atoms with E-state index in [1.807, 2.05) is 56.0 Å². The number of nitrogens with two attached hydrogens (primary N) is 1. The average Bonchev–Trinajstić information content (AvgIpc) is 2.72. The lowest BCUT2D eigenvalue weighted by Crippen LogP contribution is -2.76. The van der Waals surface area contributed by atoms with Crippen molar-refractivity contribution in [1.82, 2.24) is 10.2 Å². The number of carbonyl (C=O) groups is 2. The summed E-state index contributed by atoms with van der Waals surface area (Å²) in [7, 11) is 0. The maximum atomic E-state index is 13.1. The molecule has 1 heterocycles. The summed E-state index contributed by atoms with van der Waals surface area (Å²) in [6.45, 7) is 8.31. The molecule has 6 nitrogen and oxygen atoms in total. The lowest BCUT2D eigenvalue weighted by atomic mass is 9.54. The Morgan fingerprint density at radius 2 is 1.86 bits per heavy atom. The highest BCUT2D eigenvalue weighted by Gasteiger charge is 2.63. The molecule has 0 radical (unpaired) electrons. The largest absolute Gasteiger partial charge is 0.378 e. The van der Waals surface area contributed by atoms with Crippen LogP contribution in [0.2, 0.25) is 0 Å². The van der Waals surface area contributed by atoms with Gasteiger partial charge in [-0.3, -0.25) is 9.59 Å². The third-order valence-electron chi connectivity index (χ3n) is 6.67. The number of hydrogen-bond donors (Lipinski definition) is 2. The van der Waals surface area contributed by atoms with Crippen LogP contribution in [-0.2, 0) is 20.9 Å². The van der Waals surface area contributed by atoms with Gasteiger partial charge in [0.15, 0.2) is 0 Å². The van der Waals surface area contributed by atoms with Crippen molar-refractivity contribution in [1.29, 1.82) is 0 Å². The number of benzene rings is 1. The minimum absolute atomic E-state index is 0.00315. The summed E-state index contributed by atoms with van der Waals surface area (Å²) in [6.07, 6.45) is 1.94. The smallest absolute Gasteiger partial charge is 0.243 e. The van der Waals surface area contributed by atoms with Crippen LogP contribution in [0, 0.1) is 11.3 Å². The summed E-state index contributed by atoms with van der Waals surface area (Å²) in [5, 5.41) is 3.01. The van der Waals surface area contributed by atoms with E-state index in [9.17, 15) is 9.59 Å². The van der Waals surface area contributed by atoms with Crippen molar-refractivity contribution in [3.05, 3.63) is 35.9 Å². The predicted molar refractivity (Wildman–Crippen MR) is 108 cm³/mol. The Hall–Kier alpha value is -1.92. The van der Waals surface area contributed by atoms with Crippen LogP contribution in [0.25, 0.3) is 0 Å². The molecule has 1 aliphatic heterocycles. The SMILES string of the molecule is CCOC1CC(N)(C(=O)N2CCC(C(=O)NCc3ccccc3)CC2)C1(C)C. The molecule has 3 N–H and O–H groups in total. The number of nitrogens with zero attached hydrogens (tertiary/aromatic N) is 1. The highest BCUT2D eigenvalue weighted by atomic mass is 16.5. The van der Waals surface area contributed by atoms with E-state index in [2.05, 4.69) is 5.32 Å². The fraction of sp³-hybridized carbons (Fsp3) is 0.636. The van der Waals surface area contributed by atoms with Crippen LogP contribution < -0.4 is 11.1 Å². The van der Waals surface area contributed by atoms with Gasteiger partial charge in [-0.05, 0) is 25.3 Å². The molecule has 154 valence electrons. The van der Waals surface area contributed by atoms with Crippen LogP contribution in [0.4, 0.5) is 0 Å². The minimum Gasteiger partial charge on any atom is -0.378 e. The van der Waals surface area contributed by atoms with Crippen LogP contribution in [0.3, 0.4) is 0 Å². The molecule has 2 unspecified atom stereocenters. The monoisotopic (exact) mass is 387 g/mol. The normalized spacial score (nSPS) is 27.1. The molecule has 0 spiro atoms. The zero-order chi connectivity index (χ0) is 20.4. The maximum absolute atomic E-state index is 13.1. The molecular formula is C22H33N3O3. The molecule has 3 rings (SSSR count). The number of nitrogens with one attached hydrogen (secondary N) is 1. The van der Waals surface area contributed by atoms with Crippen LogP contribution in [0.1, 0.15) is 45.6 Å². The number of rotatable bonds is 6. The first kappa shape index (κ1) is 20.8.